The van der Waals surface area contributed by atoms with E-state index in [1.54, 1.807) is 16.2 Å². The van der Waals surface area contributed by atoms with E-state index < -0.39 is 0 Å². The topological polar surface area (TPSA) is 80.5 Å². The lowest BCUT2D eigenvalue weighted by Gasteiger charge is -2.32. The van der Waals surface area contributed by atoms with Crippen molar-refractivity contribution in [1.82, 2.24) is 14.9 Å². The average Bonchev–Trinajstić information content (AvgIpc) is 3.35. The summed E-state index contributed by atoms with van der Waals surface area (Å²) < 4.78 is 11.9. The van der Waals surface area contributed by atoms with Crippen molar-refractivity contribution >= 4 is 39.0 Å². The van der Waals surface area contributed by atoms with Crippen molar-refractivity contribution in [2.75, 3.05) is 25.0 Å². The van der Waals surface area contributed by atoms with Crippen molar-refractivity contribution in [2.45, 2.75) is 26.9 Å². The molecule has 0 unspecified atom stereocenters. The predicted octanol–water partition coefficient (Wildman–Crippen LogP) is 5.17. The Morgan fingerprint density at radius 2 is 2.00 bits per heavy atom. The van der Waals surface area contributed by atoms with Crippen LogP contribution in [0, 0.1) is 20.8 Å². The smallest absolute Gasteiger partial charge is 0.290 e. The van der Waals surface area contributed by atoms with Crippen LogP contribution < -0.4 is 5.32 Å². The first-order chi connectivity index (χ1) is 15.5. The van der Waals surface area contributed by atoms with Crippen LogP contribution in [0.2, 0.25) is 0 Å². The van der Waals surface area contributed by atoms with Crippen LogP contribution in [-0.2, 0) is 4.74 Å². The Morgan fingerprint density at radius 1 is 1.16 bits per heavy atom. The lowest BCUT2D eigenvalue weighted by molar-refractivity contribution is -0.0256. The lowest BCUT2D eigenvalue weighted by Crippen LogP contribution is -2.42. The normalized spacial score (nSPS) is 16.5. The van der Waals surface area contributed by atoms with Gasteiger partial charge < -0.3 is 19.4 Å². The van der Waals surface area contributed by atoms with Gasteiger partial charge in [-0.2, -0.15) is 0 Å². The van der Waals surface area contributed by atoms with Crippen LogP contribution in [0.3, 0.4) is 0 Å². The number of nitrogens with zero attached hydrogens (tertiary/aromatic N) is 3. The zero-order valence-electron chi connectivity index (χ0n) is 18.2. The highest BCUT2D eigenvalue weighted by atomic mass is 32.1. The van der Waals surface area contributed by atoms with Gasteiger partial charge in [0.2, 0.25) is 0 Å². The van der Waals surface area contributed by atoms with Crippen LogP contribution in [0.25, 0.3) is 11.0 Å². The summed E-state index contributed by atoms with van der Waals surface area (Å²) in [6.45, 7) is 7.22. The Balaban J connectivity index is 1.37. The number of hydrogen-bond acceptors (Lipinski definition) is 7. The molecule has 0 saturated carbocycles. The van der Waals surface area contributed by atoms with Crippen molar-refractivity contribution in [2.24, 2.45) is 0 Å². The molecule has 1 N–H and O–H groups in total. The molecule has 1 aliphatic rings. The molecule has 3 aromatic heterocycles. The van der Waals surface area contributed by atoms with Gasteiger partial charge in [0.25, 0.3) is 5.91 Å². The number of furan rings is 1. The number of morpholine rings is 1. The summed E-state index contributed by atoms with van der Waals surface area (Å²) in [6.07, 6.45) is -0.309. The van der Waals surface area contributed by atoms with Gasteiger partial charge in [-0.15, -0.1) is 11.3 Å². The van der Waals surface area contributed by atoms with Crippen LogP contribution in [0.15, 0.2) is 46.2 Å². The maximum Gasteiger partial charge on any atom is 0.290 e. The van der Waals surface area contributed by atoms with E-state index in [1.165, 1.54) is 0 Å². The van der Waals surface area contributed by atoms with Crippen molar-refractivity contribution in [1.29, 1.82) is 0 Å². The number of nitrogens with one attached hydrogen (secondary N) is 1. The number of anilines is 2. The van der Waals surface area contributed by atoms with Crippen molar-refractivity contribution in [3.63, 3.8) is 0 Å². The number of carbonyl (C=O) groups excluding carboxylic acids is 1. The van der Waals surface area contributed by atoms with Gasteiger partial charge >= 0.3 is 0 Å². The van der Waals surface area contributed by atoms with Crippen molar-refractivity contribution in [3.8, 4) is 0 Å². The highest BCUT2D eigenvalue weighted by Crippen LogP contribution is 2.30. The number of aryl methyl sites for hydroxylation is 3. The lowest BCUT2D eigenvalue weighted by atomic mass is 10.1. The molecule has 1 saturated heterocycles. The molecule has 0 bridgehead atoms. The molecule has 164 valence electrons. The van der Waals surface area contributed by atoms with Gasteiger partial charge in [0, 0.05) is 34.3 Å². The fourth-order valence-corrected chi connectivity index (χ4v) is 4.71. The maximum atomic E-state index is 13.3. The first-order valence-electron chi connectivity index (χ1n) is 10.5. The molecule has 1 aliphatic heterocycles. The van der Waals surface area contributed by atoms with E-state index in [2.05, 4.69) is 15.3 Å². The second-order valence-electron chi connectivity index (χ2n) is 8.00. The van der Waals surface area contributed by atoms with E-state index in [4.69, 9.17) is 9.15 Å². The SMILES string of the molecule is Cc1cc(Nc2nc(C)cs2)cc([C@H]2CN(C(=O)c3oc4ccccc4c3C)CCO2)n1. The van der Waals surface area contributed by atoms with Crippen molar-refractivity contribution < 1.29 is 13.9 Å². The molecule has 32 heavy (non-hydrogen) atoms. The van der Waals surface area contributed by atoms with Crippen LogP contribution in [-0.4, -0.2) is 40.5 Å². The van der Waals surface area contributed by atoms with Gasteiger partial charge in [-0.1, -0.05) is 18.2 Å². The average molecular weight is 449 g/mol. The van der Waals surface area contributed by atoms with Crippen LogP contribution in [0.1, 0.15) is 39.3 Å². The number of pyridine rings is 1. The molecule has 5 rings (SSSR count). The van der Waals surface area contributed by atoms with Crippen LogP contribution >= 0.6 is 11.3 Å². The highest BCUT2D eigenvalue weighted by molar-refractivity contribution is 7.13. The number of carbonyl (C=O) groups is 1. The third-order valence-electron chi connectivity index (χ3n) is 5.56. The first-order valence-corrected chi connectivity index (χ1v) is 11.4. The van der Waals surface area contributed by atoms with Gasteiger partial charge in [-0.25, -0.2) is 4.98 Å². The van der Waals surface area contributed by atoms with E-state index in [0.717, 1.165) is 44.4 Å². The molecule has 4 heterocycles. The molecule has 1 amide bonds. The number of rotatable bonds is 4. The number of ether oxygens (including phenoxy) is 1. The van der Waals surface area contributed by atoms with E-state index >= 15 is 0 Å². The summed E-state index contributed by atoms with van der Waals surface area (Å²) in [5, 5.41) is 7.15. The molecule has 1 fully saturated rings. The fraction of sp³-hybridized carbons (Fsp3) is 0.292. The Hall–Kier alpha value is -3.23. The molecule has 1 aromatic carbocycles. The minimum absolute atomic E-state index is 0.115. The monoisotopic (exact) mass is 448 g/mol. The minimum Gasteiger partial charge on any atom is -0.451 e. The van der Waals surface area contributed by atoms with Crippen molar-refractivity contribution in [3.05, 3.63) is 70.2 Å². The third-order valence-corrected chi connectivity index (χ3v) is 6.44. The molecule has 1 atom stereocenters. The summed E-state index contributed by atoms with van der Waals surface area (Å²) in [5.41, 5.74) is 5.15. The predicted molar refractivity (Wildman–Crippen MR) is 125 cm³/mol. The number of aromatic nitrogens is 2. The molecule has 8 heteroatoms. The number of benzene rings is 1. The molecule has 7 nitrogen and oxygen atoms in total. The standard InChI is InChI=1S/C24H24N4O3S/c1-14-10-17(27-24-26-15(2)13-32-24)11-19(25-14)21-12-28(8-9-30-21)23(29)22-16(3)18-6-4-5-7-20(18)31-22/h4-7,10-11,13,21H,8-9,12H2,1-3H3,(H,25,26,27)/t21-/m1/s1. The van der Waals surface area contributed by atoms with E-state index in [9.17, 15) is 4.79 Å². The number of fused-ring (bicyclic) bond motifs is 1. The van der Waals surface area contributed by atoms with Gasteiger partial charge in [0.1, 0.15) is 11.7 Å². The second-order valence-corrected chi connectivity index (χ2v) is 8.86. The number of para-hydroxylation sites is 1. The number of thiazole rings is 1. The Bertz CT molecular complexity index is 1300. The number of amides is 1. The van der Waals surface area contributed by atoms with E-state index in [0.29, 0.717) is 25.5 Å². The highest BCUT2D eigenvalue weighted by Gasteiger charge is 2.30. The van der Waals surface area contributed by atoms with Crippen LogP contribution in [0.5, 0.6) is 0 Å². The van der Waals surface area contributed by atoms with E-state index in [1.807, 2.05) is 62.5 Å². The first kappa shape index (κ1) is 20.7. The van der Waals surface area contributed by atoms with Gasteiger partial charge in [-0.3, -0.25) is 9.78 Å². The summed E-state index contributed by atoms with van der Waals surface area (Å²) in [4.78, 5) is 24.2. The summed E-state index contributed by atoms with van der Waals surface area (Å²) in [6, 6.07) is 11.7. The Kier molecular flexibility index (Phi) is 5.40. The molecular weight excluding hydrogens is 424 g/mol. The zero-order valence-corrected chi connectivity index (χ0v) is 19.0. The molecule has 0 radical (unpaired) electrons. The Labute approximate surface area is 190 Å². The fourth-order valence-electron chi connectivity index (χ4n) is 4.00. The van der Waals surface area contributed by atoms with E-state index in [-0.39, 0.29) is 12.0 Å². The quantitative estimate of drug-likeness (QED) is 0.464. The zero-order chi connectivity index (χ0) is 22.2. The summed E-state index contributed by atoms with van der Waals surface area (Å²) in [7, 11) is 0. The van der Waals surface area contributed by atoms with Gasteiger partial charge in [0.05, 0.1) is 24.5 Å². The Morgan fingerprint density at radius 3 is 2.78 bits per heavy atom. The van der Waals surface area contributed by atoms with Gasteiger partial charge in [0.15, 0.2) is 10.9 Å². The molecule has 0 spiro atoms. The maximum absolute atomic E-state index is 13.3. The summed E-state index contributed by atoms with van der Waals surface area (Å²) in [5.74, 6) is 0.279. The number of hydrogen-bond donors (Lipinski definition) is 1. The third kappa shape index (κ3) is 3.99. The molecule has 0 aliphatic carbocycles. The molecule has 4 aromatic rings. The van der Waals surface area contributed by atoms with Crippen LogP contribution in [0.4, 0.5) is 10.8 Å². The largest absolute Gasteiger partial charge is 0.451 e. The summed E-state index contributed by atoms with van der Waals surface area (Å²) >= 11 is 1.56. The van der Waals surface area contributed by atoms with Gasteiger partial charge in [-0.05, 0) is 39.0 Å². The second kappa shape index (κ2) is 8.37. The minimum atomic E-state index is -0.309. The molecular formula is C24H24N4O3S.